The van der Waals surface area contributed by atoms with Gasteiger partial charge in [0.05, 0.1) is 6.61 Å². The number of carbonyl (C=O) groups excluding carboxylic acids is 1. The SMILES string of the molecule is CCC=CC(=O)OCCCCCC. The van der Waals surface area contributed by atoms with Crippen LogP contribution in [0.5, 0.6) is 0 Å². The average molecular weight is 184 g/mol. The Hall–Kier alpha value is -0.790. The Morgan fingerprint density at radius 3 is 2.62 bits per heavy atom. The zero-order valence-corrected chi connectivity index (χ0v) is 8.71. The first kappa shape index (κ1) is 12.2. The minimum Gasteiger partial charge on any atom is -0.463 e. The van der Waals surface area contributed by atoms with Crippen molar-refractivity contribution >= 4 is 5.97 Å². The maximum atomic E-state index is 10.9. The smallest absolute Gasteiger partial charge is 0.330 e. The molecular weight excluding hydrogens is 164 g/mol. The molecule has 0 rings (SSSR count). The molecule has 0 saturated heterocycles. The van der Waals surface area contributed by atoms with Crippen LogP contribution in [0.25, 0.3) is 0 Å². The number of rotatable bonds is 7. The zero-order valence-electron chi connectivity index (χ0n) is 8.71. The molecule has 0 aromatic heterocycles. The average Bonchev–Trinajstić information content (AvgIpc) is 2.14. The summed E-state index contributed by atoms with van der Waals surface area (Å²) in [5.74, 6) is -0.210. The van der Waals surface area contributed by atoms with Gasteiger partial charge in [-0.15, -0.1) is 0 Å². The number of ether oxygens (including phenoxy) is 1. The summed E-state index contributed by atoms with van der Waals surface area (Å²) in [5.41, 5.74) is 0. The topological polar surface area (TPSA) is 26.3 Å². The maximum Gasteiger partial charge on any atom is 0.330 e. The van der Waals surface area contributed by atoms with Gasteiger partial charge in [-0.2, -0.15) is 0 Å². The lowest BCUT2D eigenvalue weighted by Crippen LogP contribution is -2.01. The third-order valence-electron chi connectivity index (χ3n) is 1.73. The van der Waals surface area contributed by atoms with Gasteiger partial charge in [-0.25, -0.2) is 4.79 Å². The molecule has 0 heterocycles. The first-order valence-electron chi connectivity index (χ1n) is 5.14. The van der Waals surface area contributed by atoms with Crippen LogP contribution in [0.1, 0.15) is 46.0 Å². The minimum atomic E-state index is -0.210. The monoisotopic (exact) mass is 184 g/mol. The van der Waals surface area contributed by atoms with Crippen LogP contribution in [-0.4, -0.2) is 12.6 Å². The Labute approximate surface area is 81.0 Å². The van der Waals surface area contributed by atoms with Crippen LogP contribution in [-0.2, 0) is 9.53 Å². The van der Waals surface area contributed by atoms with E-state index in [1.54, 1.807) is 0 Å². The molecule has 0 spiro atoms. The van der Waals surface area contributed by atoms with Crippen molar-refractivity contribution in [1.82, 2.24) is 0 Å². The second-order valence-corrected chi connectivity index (χ2v) is 3.04. The number of unbranched alkanes of at least 4 members (excludes halogenated alkanes) is 3. The summed E-state index contributed by atoms with van der Waals surface area (Å²) in [6.45, 7) is 4.72. The molecule has 0 aromatic carbocycles. The van der Waals surface area contributed by atoms with Gasteiger partial charge in [0.2, 0.25) is 0 Å². The summed E-state index contributed by atoms with van der Waals surface area (Å²) in [6, 6.07) is 0. The highest BCUT2D eigenvalue weighted by molar-refractivity contribution is 5.81. The van der Waals surface area contributed by atoms with Crippen molar-refractivity contribution in [2.75, 3.05) is 6.61 Å². The molecule has 0 radical (unpaired) electrons. The lowest BCUT2D eigenvalue weighted by molar-refractivity contribution is -0.137. The number of allylic oxidation sites excluding steroid dienone is 1. The zero-order chi connectivity index (χ0) is 9.94. The molecule has 0 atom stereocenters. The van der Waals surface area contributed by atoms with Gasteiger partial charge in [-0.3, -0.25) is 0 Å². The third kappa shape index (κ3) is 9.12. The molecule has 0 aliphatic rings. The van der Waals surface area contributed by atoms with E-state index in [0.717, 1.165) is 19.3 Å². The number of carbonyl (C=O) groups is 1. The Morgan fingerprint density at radius 1 is 1.23 bits per heavy atom. The van der Waals surface area contributed by atoms with Crippen molar-refractivity contribution in [3.63, 3.8) is 0 Å². The highest BCUT2D eigenvalue weighted by atomic mass is 16.5. The van der Waals surface area contributed by atoms with E-state index < -0.39 is 0 Å². The van der Waals surface area contributed by atoms with E-state index in [1.807, 2.05) is 13.0 Å². The second kappa shape index (κ2) is 9.30. The predicted molar refractivity (Wildman–Crippen MR) is 54.5 cm³/mol. The van der Waals surface area contributed by atoms with Crippen molar-refractivity contribution in [3.05, 3.63) is 12.2 Å². The molecule has 76 valence electrons. The largest absolute Gasteiger partial charge is 0.463 e. The van der Waals surface area contributed by atoms with Gasteiger partial charge in [0.25, 0.3) is 0 Å². The molecule has 0 fully saturated rings. The van der Waals surface area contributed by atoms with Crippen molar-refractivity contribution < 1.29 is 9.53 Å². The van der Waals surface area contributed by atoms with Crippen molar-refractivity contribution in [2.24, 2.45) is 0 Å². The van der Waals surface area contributed by atoms with E-state index in [0.29, 0.717) is 6.61 Å². The van der Waals surface area contributed by atoms with Gasteiger partial charge in [0.15, 0.2) is 0 Å². The van der Waals surface area contributed by atoms with E-state index in [4.69, 9.17) is 4.74 Å². The highest BCUT2D eigenvalue weighted by Gasteiger charge is 1.94. The molecule has 0 aromatic rings. The van der Waals surface area contributed by atoms with E-state index in [2.05, 4.69) is 6.92 Å². The number of esters is 1. The fourth-order valence-electron chi connectivity index (χ4n) is 0.964. The molecule has 2 nitrogen and oxygen atoms in total. The van der Waals surface area contributed by atoms with E-state index in [1.165, 1.54) is 18.9 Å². The summed E-state index contributed by atoms with van der Waals surface area (Å²) in [6.07, 6.45) is 8.77. The van der Waals surface area contributed by atoms with Crippen molar-refractivity contribution in [1.29, 1.82) is 0 Å². The lowest BCUT2D eigenvalue weighted by atomic mass is 10.2. The molecule has 0 aliphatic carbocycles. The van der Waals surface area contributed by atoms with Crippen molar-refractivity contribution in [3.8, 4) is 0 Å². The first-order valence-corrected chi connectivity index (χ1v) is 5.14. The van der Waals surface area contributed by atoms with Crippen molar-refractivity contribution in [2.45, 2.75) is 46.0 Å². The van der Waals surface area contributed by atoms with Crippen LogP contribution in [0.2, 0.25) is 0 Å². The third-order valence-corrected chi connectivity index (χ3v) is 1.73. The molecule has 0 unspecified atom stereocenters. The van der Waals surface area contributed by atoms with Crippen LogP contribution >= 0.6 is 0 Å². The van der Waals surface area contributed by atoms with E-state index >= 15 is 0 Å². The van der Waals surface area contributed by atoms with Gasteiger partial charge in [0, 0.05) is 6.08 Å². The van der Waals surface area contributed by atoms with Crippen LogP contribution < -0.4 is 0 Å². The summed E-state index contributed by atoms with van der Waals surface area (Å²) < 4.78 is 4.96. The van der Waals surface area contributed by atoms with Gasteiger partial charge < -0.3 is 4.74 Å². The molecule has 2 heteroatoms. The Kier molecular flexibility index (Phi) is 8.73. The summed E-state index contributed by atoms with van der Waals surface area (Å²) in [5, 5.41) is 0. The highest BCUT2D eigenvalue weighted by Crippen LogP contribution is 1.99. The predicted octanol–water partition coefficient (Wildman–Crippen LogP) is 3.08. The van der Waals surface area contributed by atoms with Crippen LogP contribution in [0.15, 0.2) is 12.2 Å². The normalized spacial score (nSPS) is 10.6. The van der Waals surface area contributed by atoms with Gasteiger partial charge >= 0.3 is 5.97 Å². The fourth-order valence-corrected chi connectivity index (χ4v) is 0.964. The van der Waals surface area contributed by atoms with Crippen LogP contribution in [0.3, 0.4) is 0 Å². The van der Waals surface area contributed by atoms with Gasteiger partial charge in [-0.1, -0.05) is 39.2 Å². The fraction of sp³-hybridized carbons (Fsp3) is 0.727. The second-order valence-electron chi connectivity index (χ2n) is 3.04. The summed E-state index contributed by atoms with van der Waals surface area (Å²) >= 11 is 0. The first-order chi connectivity index (χ1) is 6.31. The standard InChI is InChI=1S/C11H20O2/c1-3-5-7-8-10-13-11(12)9-6-4-2/h6,9H,3-5,7-8,10H2,1-2H3. The molecule has 0 amide bonds. The van der Waals surface area contributed by atoms with Crippen LogP contribution in [0.4, 0.5) is 0 Å². The van der Waals surface area contributed by atoms with Gasteiger partial charge in [0.1, 0.15) is 0 Å². The summed E-state index contributed by atoms with van der Waals surface area (Å²) in [7, 11) is 0. The molecule has 0 aliphatic heterocycles. The molecule has 0 N–H and O–H groups in total. The quantitative estimate of drug-likeness (QED) is 0.345. The van der Waals surface area contributed by atoms with E-state index in [9.17, 15) is 4.79 Å². The minimum absolute atomic E-state index is 0.210. The van der Waals surface area contributed by atoms with Gasteiger partial charge in [-0.05, 0) is 12.8 Å². The van der Waals surface area contributed by atoms with Crippen LogP contribution in [0, 0.1) is 0 Å². The lowest BCUT2D eigenvalue weighted by Gasteiger charge is -2.00. The molecule has 13 heavy (non-hydrogen) atoms. The molecule has 0 bridgehead atoms. The number of hydrogen-bond acceptors (Lipinski definition) is 2. The Balaban J connectivity index is 3.22. The molecular formula is C11H20O2. The van der Waals surface area contributed by atoms with E-state index in [-0.39, 0.29) is 5.97 Å². The number of hydrogen-bond donors (Lipinski definition) is 0. The summed E-state index contributed by atoms with van der Waals surface area (Å²) in [4.78, 5) is 10.9. The Morgan fingerprint density at radius 2 is 2.00 bits per heavy atom. The Bertz CT molecular complexity index is 150. The maximum absolute atomic E-state index is 10.9. The molecule has 0 saturated carbocycles.